The van der Waals surface area contributed by atoms with Gasteiger partial charge in [-0.2, -0.15) is 0 Å². The van der Waals surface area contributed by atoms with Crippen LogP contribution in [0.1, 0.15) is 6.92 Å². The number of aromatic nitrogens is 1. The standard InChI is InChI=1S/C17H21N3O4S/c1-12-11-24-8-7-20(12)13-9-16(18-17(21)10-13)14-5-3-4-6-15(14)19-25(2,22)23/h3-6,9-10,12,19H,7-8,11H2,1-2H3,(H,18,21)/t12-/m1/s1. The molecule has 134 valence electrons. The monoisotopic (exact) mass is 363 g/mol. The van der Waals surface area contributed by atoms with Crippen LogP contribution in [0.25, 0.3) is 11.3 Å². The summed E-state index contributed by atoms with van der Waals surface area (Å²) < 4.78 is 31.1. The highest BCUT2D eigenvalue weighted by molar-refractivity contribution is 7.92. The number of pyridine rings is 1. The summed E-state index contributed by atoms with van der Waals surface area (Å²) in [6.45, 7) is 3.96. The highest BCUT2D eigenvalue weighted by atomic mass is 32.2. The highest BCUT2D eigenvalue weighted by Gasteiger charge is 2.20. The fourth-order valence-electron chi connectivity index (χ4n) is 2.96. The van der Waals surface area contributed by atoms with Gasteiger partial charge in [0.15, 0.2) is 0 Å². The minimum atomic E-state index is -3.43. The molecule has 2 aromatic rings. The minimum absolute atomic E-state index is 0.160. The molecular formula is C17H21N3O4S. The van der Waals surface area contributed by atoms with E-state index in [9.17, 15) is 13.2 Å². The predicted octanol–water partition coefficient (Wildman–Crippen LogP) is 1.64. The molecule has 2 heterocycles. The van der Waals surface area contributed by atoms with Gasteiger partial charge in [-0.05, 0) is 19.1 Å². The Morgan fingerprint density at radius 1 is 1.28 bits per heavy atom. The molecule has 1 aromatic carbocycles. The van der Waals surface area contributed by atoms with E-state index in [-0.39, 0.29) is 11.6 Å². The Balaban J connectivity index is 2.06. The number of nitrogens with zero attached hydrogens (tertiary/aromatic N) is 1. The van der Waals surface area contributed by atoms with E-state index in [4.69, 9.17) is 4.74 Å². The van der Waals surface area contributed by atoms with Gasteiger partial charge in [-0.15, -0.1) is 0 Å². The molecule has 7 nitrogen and oxygen atoms in total. The number of anilines is 2. The van der Waals surface area contributed by atoms with E-state index in [1.54, 1.807) is 30.3 Å². The molecule has 1 atom stereocenters. The zero-order valence-electron chi connectivity index (χ0n) is 14.2. The van der Waals surface area contributed by atoms with Gasteiger partial charge in [0, 0.05) is 29.9 Å². The summed E-state index contributed by atoms with van der Waals surface area (Å²) >= 11 is 0. The van der Waals surface area contributed by atoms with Crippen LogP contribution in [0.2, 0.25) is 0 Å². The van der Waals surface area contributed by atoms with Crippen molar-refractivity contribution in [2.24, 2.45) is 0 Å². The second-order valence-corrected chi connectivity index (χ2v) is 7.90. The number of rotatable bonds is 4. The second kappa shape index (κ2) is 6.89. The van der Waals surface area contributed by atoms with E-state index in [1.165, 1.54) is 0 Å². The second-order valence-electron chi connectivity index (χ2n) is 6.15. The van der Waals surface area contributed by atoms with E-state index < -0.39 is 10.0 Å². The van der Waals surface area contributed by atoms with Gasteiger partial charge in [0.2, 0.25) is 15.6 Å². The highest BCUT2D eigenvalue weighted by Crippen LogP contribution is 2.29. The van der Waals surface area contributed by atoms with E-state index >= 15 is 0 Å². The van der Waals surface area contributed by atoms with Gasteiger partial charge in [-0.1, -0.05) is 18.2 Å². The molecule has 2 N–H and O–H groups in total. The van der Waals surface area contributed by atoms with E-state index in [0.717, 1.165) is 11.9 Å². The summed E-state index contributed by atoms with van der Waals surface area (Å²) in [5, 5.41) is 0. The first-order valence-corrected chi connectivity index (χ1v) is 9.88. The molecule has 1 aromatic heterocycles. The summed E-state index contributed by atoms with van der Waals surface area (Å²) in [4.78, 5) is 17.1. The van der Waals surface area contributed by atoms with Crippen molar-refractivity contribution in [3.8, 4) is 11.3 Å². The molecule has 1 fully saturated rings. The Bertz CT molecular complexity index is 923. The third kappa shape index (κ3) is 4.21. The van der Waals surface area contributed by atoms with Crippen LogP contribution in [0.5, 0.6) is 0 Å². The van der Waals surface area contributed by atoms with Gasteiger partial charge >= 0.3 is 0 Å². The number of benzene rings is 1. The lowest BCUT2D eigenvalue weighted by atomic mass is 10.1. The maximum atomic E-state index is 12.2. The lowest BCUT2D eigenvalue weighted by Gasteiger charge is -2.35. The number of H-pyrrole nitrogens is 1. The van der Waals surface area contributed by atoms with E-state index in [0.29, 0.717) is 36.7 Å². The van der Waals surface area contributed by atoms with Gasteiger partial charge in [-0.25, -0.2) is 8.42 Å². The van der Waals surface area contributed by atoms with Crippen molar-refractivity contribution in [2.45, 2.75) is 13.0 Å². The first-order chi connectivity index (χ1) is 11.8. The van der Waals surface area contributed by atoms with Crippen LogP contribution < -0.4 is 15.2 Å². The van der Waals surface area contributed by atoms with Gasteiger partial charge in [0.1, 0.15) is 0 Å². The number of hydrogen-bond donors (Lipinski definition) is 2. The minimum Gasteiger partial charge on any atom is -0.377 e. The molecule has 1 saturated heterocycles. The molecule has 1 aliphatic rings. The summed E-state index contributed by atoms with van der Waals surface area (Å²) in [6, 6.07) is 10.6. The molecule has 8 heteroatoms. The normalized spacial score (nSPS) is 18.2. The number of sulfonamides is 1. The van der Waals surface area contributed by atoms with Crippen molar-refractivity contribution in [2.75, 3.05) is 35.6 Å². The van der Waals surface area contributed by atoms with E-state index in [1.807, 2.05) is 13.0 Å². The number of aromatic amines is 1. The molecule has 1 aliphatic heterocycles. The summed E-state index contributed by atoms with van der Waals surface area (Å²) in [7, 11) is -3.43. The van der Waals surface area contributed by atoms with Crippen LogP contribution in [0, 0.1) is 0 Å². The molecule has 0 radical (unpaired) electrons. The average Bonchev–Trinajstić information content (AvgIpc) is 2.53. The van der Waals surface area contributed by atoms with Crippen LogP contribution in [0.4, 0.5) is 11.4 Å². The molecule has 0 aliphatic carbocycles. The number of morpholine rings is 1. The third-order valence-electron chi connectivity index (χ3n) is 4.04. The Morgan fingerprint density at radius 2 is 2.04 bits per heavy atom. The zero-order valence-corrected chi connectivity index (χ0v) is 15.0. The maximum Gasteiger partial charge on any atom is 0.250 e. The van der Waals surface area contributed by atoms with Crippen molar-refractivity contribution < 1.29 is 13.2 Å². The number of hydrogen-bond acceptors (Lipinski definition) is 5. The van der Waals surface area contributed by atoms with Crippen LogP contribution in [-0.2, 0) is 14.8 Å². The molecule has 0 bridgehead atoms. The first-order valence-electron chi connectivity index (χ1n) is 7.99. The quantitative estimate of drug-likeness (QED) is 0.862. The Hall–Kier alpha value is -2.32. The third-order valence-corrected chi connectivity index (χ3v) is 4.63. The van der Waals surface area contributed by atoms with Gasteiger partial charge < -0.3 is 14.6 Å². The molecule has 0 spiro atoms. The average molecular weight is 363 g/mol. The smallest absolute Gasteiger partial charge is 0.250 e. The SMILES string of the molecule is C[C@@H]1COCCN1c1cc(-c2ccccc2NS(C)(=O)=O)[nH]c(=O)c1. The van der Waals surface area contributed by atoms with Crippen molar-refractivity contribution in [3.63, 3.8) is 0 Å². The fourth-order valence-corrected chi connectivity index (χ4v) is 3.53. The number of ether oxygens (including phenoxy) is 1. The van der Waals surface area contributed by atoms with E-state index in [2.05, 4.69) is 14.6 Å². The zero-order chi connectivity index (χ0) is 18.0. The topological polar surface area (TPSA) is 91.5 Å². The summed E-state index contributed by atoms with van der Waals surface area (Å²) in [5.41, 5.74) is 2.16. The predicted molar refractivity (Wildman–Crippen MR) is 98.6 cm³/mol. The largest absolute Gasteiger partial charge is 0.377 e. The summed E-state index contributed by atoms with van der Waals surface area (Å²) in [6.07, 6.45) is 1.10. The molecule has 0 amide bonds. The molecule has 0 saturated carbocycles. The Morgan fingerprint density at radius 3 is 2.76 bits per heavy atom. The fraction of sp³-hybridized carbons (Fsp3) is 0.353. The van der Waals surface area contributed by atoms with Gasteiger partial charge in [0.05, 0.1) is 30.9 Å². The van der Waals surface area contributed by atoms with Gasteiger partial charge in [0.25, 0.3) is 0 Å². The van der Waals surface area contributed by atoms with Crippen molar-refractivity contribution in [1.82, 2.24) is 4.98 Å². The lowest BCUT2D eigenvalue weighted by Crippen LogP contribution is -2.44. The molecule has 3 rings (SSSR count). The molecule has 25 heavy (non-hydrogen) atoms. The maximum absolute atomic E-state index is 12.2. The van der Waals surface area contributed by atoms with Crippen LogP contribution in [-0.4, -0.2) is 45.5 Å². The summed E-state index contributed by atoms with van der Waals surface area (Å²) in [5.74, 6) is 0. The van der Waals surface area contributed by atoms with Crippen molar-refractivity contribution >= 4 is 21.4 Å². The number of para-hydroxylation sites is 1. The van der Waals surface area contributed by atoms with Crippen LogP contribution in [0.15, 0.2) is 41.2 Å². The molecule has 0 unspecified atom stereocenters. The van der Waals surface area contributed by atoms with Crippen LogP contribution in [0.3, 0.4) is 0 Å². The lowest BCUT2D eigenvalue weighted by molar-refractivity contribution is 0.0989. The van der Waals surface area contributed by atoms with Crippen molar-refractivity contribution in [1.29, 1.82) is 0 Å². The number of nitrogens with one attached hydrogen (secondary N) is 2. The van der Waals surface area contributed by atoms with Crippen LogP contribution >= 0.6 is 0 Å². The van der Waals surface area contributed by atoms with Gasteiger partial charge in [-0.3, -0.25) is 9.52 Å². The Labute approximate surface area is 146 Å². The first kappa shape index (κ1) is 17.5. The Kier molecular flexibility index (Phi) is 4.82. The van der Waals surface area contributed by atoms with Crippen molar-refractivity contribution in [3.05, 3.63) is 46.8 Å². The molecular weight excluding hydrogens is 342 g/mol.